The summed E-state index contributed by atoms with van der Waals surface area (Å²) in [5.74, 6) is -0.172. The van der Waals surface area contributed by atoms with Crippen LogP contribution < -0.4 is 5.32 Å². The van der Waals surface area contributed by atoms with Crippen molar-refractivity contribution >= 4 is 27.3 Å². The molecule has 1 fully saturated rings. The van der Waals surface area contributed by atoms with Gasteiger partial charge in [-0.25, -0.2) is 8.42 Å². The van der Waals surface area contributed by atoms with Gasteiger partial charge in [0.2, 0.25) is 11.8 Å². The molecule has 150 valence electrons. The van der Waals surface area contributed by atoms with Gasteiger partial charge in [-0.3, -0.25) is 14.5 Å². The van der Waals surface area contributed by atoms with Gasteiger partial charge in [-0.05, 0) is 37.9 Å². The number of hydrogen-bond donors (Lipinski definition) is 1. The second kappa shape index (κ2) is 9.32. The van der Waals surface area contributed by atoms with Gasteiger partial charge >= 0.3 is 0 Å². The highest BCUT2D eigenvalue weighted by atomic mass is 32.2. The Hall–Kier alpha value is -1.93. The Balaban J connectivity index is 1.93. The number of rotatable bonds is 8. The average molecular weight is 396 g/mol. The SMILES string of the molecule is CCCN(CC(=O)Nc1ccccc1C)CC(=O)N(C)[C@@H]1CCS(=O)(=O)C1. The van der Waals surface area contributed by atoms with E-state index in [9.17, 15) is 18.0 Å². The van der Waals surface area contributed by atoms with Crippen LogP contribution in [0.5, 0.6) is 0 Å². The minimum Gasteiger partial charge on any atom is -0.341 e. The average Bonchev–Trinajstić information content (AvgIpc) is 2.96. The first kappa shape index (κ1) is 21.4. The molecule has 2 rings (SSSR count). The Labute approximate surface area is 161 Å². The van der Waals surface area contributed by atoms with E-state index in [-0.39, 0.29) is 42.5 Å². The fourth-order valence-corrected chi connectivity index (χ4v) is 5.00. The number of amides is 2. The van der Waals surface area contributed by atoms with E-state index in [0.717, 1.165) is 17.7 Å². The molecule has 0 saturated carbocycles. The molecule has 0 radical (unpaired) electrons. The summed E-state index contributed by atoms with van der Waals surface area (Å²) in [6, 6.07) is 7.27. The van der Waals surface area contributed by atoms with E-state index in [1.54, 1.807) is 11.9 Å². The minimum absolute atomic E-state index is 0.0246. The van der Waals surface area contributed by atoms with E-state index in [2.05, 4.69) is 5.32 Å². The van der Waals surface area contributed by atoms with Crippen molar-refractivity contribution in [2.45, 2.75) is 32.7 Å². The van der Waals surface area contributed by atoms with E-state index >= 15 is 0 Å². The lowest BCUT2D eigenvalue weighted by Gasteiger charge is -2.27. The standard InChI is InChI=1S/C19H29N3O4S/c1-4-10-22(12-18(23)20-17-8-6-5-7-15(17)2)13-19(24)21(3)16-9-11-27(25,26)14-16/h5-8,16H,4,9-14H2,1-3H3,(H,20,23)/t16-/m1/s1. The van der Waals surface area contributed by atoms with Crippen molar-refractivity contribution in [1.29, 1.82) is 0 Å². The molecule has 0 unspecified atom stereocenters. The van der Waals surface area contributed by atoms with Crippen LogP contribution in [0.4, 0.5) is 5.69 Å². The van der Waals surface area contributed by atoms with Crippen LogP contribution in [0.25, 0.3) is 0 Å². The molecule has 1 aliphatic heterocycles. The molecule has 8 heteroatoms. The number of para-hydroxylation sites is 1. The zero-order chi connectivity index (χ0) is 20.0. The Bertz CT molecular complexity index is 779. The molecule has 1 heterocycles. The Kier molecular flexibility index (Phi) is 7.38. The number of likely N-dealkylation sites (N-methyl/N-ethyl adjacent to an activating group) is 1. The molecule has 7 nitrogen and oxygen atoms in total. The molecule has 1 N–H and O–H groups in total. The predicted octanol–water partition coefficient (Wildman–Crippen LogP) is 1.29. The third-order valence-corrected chi connectivity index (χ3v) is 6.58. The van der Waals surface area contributed by atoms with Crippen molar-refractivity contribution in [2.24, 2.45) is 0 Å². The smallest absolute Gasteiger partial charge is 0.238 e. The Morgan fingerprint density at radius 3 is 2.52 bits per heavy atom. The molecule has 1 saturated heterocycles. The van der Waals surface area contributed by atoms with Crippen LogP contribution in [0, 0.1) is 6.92 Å². The molecule has 0 aromatic heterocycles. The first-order valence-electron chi connectivity index (χ1n) is 9.25. The van der Waals surface area contributed by atoms with Gasteiger partial charge in [-0.15, -0.1) is 0 Å². The second-order valence-electron chi connectivity index (χ2n) is 7.14. The fraction of sp³-hybridized carbons (Fsp3) is 0.579. The van der Waals surface area contributed by atoms with Gasteiger partial charge in [0, 0.05) is 18.8 Å². The third kappa shape index (κ3) is 6.32. The number of aryl methyl sites for hydroxylation is 1. The summed E-state index contributed by atoms with van der Waals surface area (Å²) in [7, 11) is -1.40. The monoisotopic (exact) mass is 395 g/mol. The van der Waals surface area contributed by atoms with Crippen LogP contribution in [0.1, 0.15) is 25.3 Å². The van der Waals surface area contributed by atoms with Gasteiger partial charge in [0.15, 0.2) is 9.84 Å². The summed E-state index contributed by atoms with van der Waals surface area (Å²) >= 11 is 0. The molecule has 2 amide bonds. The molecule has 1 aliphatic rings. The van der Waals surface area contributed by atoms with E-state index in [1.807, 2.05) is 38.1 Å². The molecule has 0 bridgehead atoms. The van der Waals surface area contributed by atoms with Crippen molar-refractivity contribution < 1.29 is 18.0 Å². The van der Waals surface area contributed by atoms with Crippen LogP contribution in [0.15, 0.2) is 24.3 Å². The van der Waals surface area contributed by atoms with Gasteiger partial charge in [0.1, 0.15) is 0 Å². The highest BCUT2D eigenvalue weighted by molar-refractivity contribution is 7.91. The summed E-state index contributed by atoms with van der Waals surface area (Å²) in [6.45, 7) is 4.74. The topological polar surface area (TPSA) is 86.8 Å². The maximum absolute atomic E-state index is 12.6. The predicted molar refractivity (Wildman–Crippen MR) is 106 cm³/mol. The molecular formula is C19H29N3O4S. The van der Waals surface area contributed by atoms with Crippen LogP contribution in [0.2, 0.25) is 0 Å². The van der Waals surface area contributed by atoms with Crippen LogP contribution >= 0.6 is 0 Å². The van der Waals surface area contributed by atoms with Crippen LogP contribution in [0.3, 0.4) is 0 Å². The van der Waals surface area contributed by atoms with E-state index in [0.29, 0.717) is 13.0 Å². The quantitative estimate of drug-likeness (QED) is 0.717. The number of carbonyl (C=O) groups is 2. The van der Waals surface area contributed by atoms with Gasteiger partial charge < -0.3 is 10.2 Å². The lowest BCUT2D eigenvalue weighted by molar-refractivity contribution is -0.133. The Morgan fingerprint density at radius 2 is 1.93 bits per heavy atom. The van der Waals surface area contributed by atoms with Crippen molar-refractivity contribution in [1.82, 2.24) is 9.80 Å². The zero-order valence-electron chi connectivity index (χ0n) is 16.3. The first-order valence-corrected chi connectivity index (χ1v) is 11.1. The van der Waals surface area contributed by atoms with Crippen molar-refractivity contribution in [3.63, 3.8) is 0 Å². The number of sulfone groups is 1. The van der Waals surface area contributed by atoms with Crippen molar-refractivity contribution in [3.8, 4) is 0 Å². The molecule has 1 aromatic carbocycles. The number of nitrogens with one attached hydrogen (secondary N) is 1. The maximum atomic E-state index is 12.6. The molecule has 0 aliphatic carbocycles. The number of nitrogens with zero attached hydrogens (tertiary/aromatic N) is 2. The zero-order valence-corrected chi connectivity index (χ0v) is 17.1. The number of benzene rings is 1. The number of carbonyl (C=O) groups excluding carboxylic acids is 2. The summed E-state index contributed by atoms with van der Waals surface area (Å²) in [5.41, 5.74) is 1.74. The molecule has 0 spiro atoms. The lowest BCUT2D eigenvalue weighted by Crippen LogP contribution is -2.45. The summed E-state index contributed by atoms with van der Waals surface area (Å²) in [5, 5.41) is 2.88. The minimum atomic E-state index is -3.04. The van der Waals surface area contributed by atoms with E-state index < -0.39 is 9.84 Å². The molecular weight excluding hydrogens is 366 g/mol. The largest absolute Gasteiger partial charge is 0.341 e. The normalized spacial score (nSPS) is 18.4. The maximum Gasteiger partial charge on any atom is 0.238 e. The highest BCUT2D eigenvalue weighted by Gasteiger charge is 2.33. The van der Waals surface area contributed by atoms with Crippen LogP contribution in [-0.2, 0) is 19.4 Å². The fourth-order valence-electron chi connectivity index (χ4n) is 3.22. The number of anilines is 1. The molecule has 27 heavy (non-hydrogen) atoms. The lowest BCUT2D eigenvalue weighted by atomic mass is 10.2. The van der Waals surface area contributed by atoms with Gasteiger partial charge in [0.05, 0.1) is 24.6 Å². The number of hydrogen-bond acceptors (Lipinski definition) is 5. The Morgan fingerprint density at radius 1 is 1.22 bits per heavy atom. The van der Waals surface area contributed by atoms with Gasteiger partial charge in [0.25, 0.3) is 0 Å². The van der Waals surface area contributed by atoms with Gasteiger partial charge in [-0.2, -0.15) is 0 Å². The second-order valence-corrected chi connectivity index (χ2v) is 9.36. The van der Waals surface area contributed by atoms with Crippen molar-refractivity contribution in [3.05, 3.63) is 29.8 Å². The summed E-state index contributed by atoms with van der Waals surface area (Å²) < 4.78 is 23.3. The highest BCUT2D eigenvalue weighted by Crippen LogP contribution is 2.17. The first-order chi connectivity index (χ1) is 12.7. The third-order valence-electron chi connectivity index (χ3n) is 4.83. The summed E-state index contributed by atoms with van der Waals surface area (Å²) in [6.07, 6.45) is 1.29. The van der Waals surface area contributed by atoms with E-state index in [1.165, 1.54) is 4.90 Å². The van der Waals surface area contributed by atoms with Crippen molar-refractivity contribution in [2.75, 3.05) is 43.5 Å². The molecule has 1 atom stereocenters. The molecule has 1 aromatic rings. The van der Waals surface area contributed by atoms with Gasteiger partial charge in [-0.1, -0.05) is 25.1 Å². The van der Waals surface area contributed by atoms with E-state index in [4.69, 9.17) is 0 Å². The van der Waals surface area contributed by atoms with Crippen LogP contribution in [-0.4, -0.2) is 74.3 Å². The summed E-state index contributed by atoms with van der Waals surface area (Å²) in [4.78, 5) is 28.3.